The summed E-state index contributed by atoms with van der Waals surface area (Å²) in [5, 5.41) is 0. The first-order valence-electron chi connectivity index (χ1n) is 9.45. The van der Waals surface area contributed by atoms with Gasteiger partial charge in [-0.2, -0.15) is 0 Å². The lowest BCUT2D eigenvalue weighted by atomic mass is 9.61. The number of rotatable bonds is 4. The predicted molar refractivity (Wildman–Crippen MR) is 110 cm³/mol. The van der Waals surface area contributed by atoms with Crippen LogP contribution < -0.4 is 0 Å². The Balaban J connectivity index is 2.39. The van der Waals surface area contributed by atoms with Crippen LogP contribution in [0.4, 0.5) is 0 Å². The molecule has 0 amide bonds. The summed E-state index contributed by atoms with van der Waals surface area (Å²) < 4.78 is 0. The molecule has 0 spiro atoms. The summed E-state index contributed by atoms with van der Waals surface area (Å²) in [6.45, 7) is 20.5. The van der Waals surface area contributed by atoms with Crippen molar-refractivity contribution in [1.29, 1.82) is 0 Å². The first kappa shape index (κ1) is 19.7. The van der Waals surface area contributed by atoms with E-state index in [1.807, 2.05) is 0 Å². The van der Waals surface area contributed by atoms with Gasteiger partial charge in [0.2, 0.25) is 0 Å². The van der Waals surface area contributed by atoms with Crippen molar-refractivity contribution >= 4 is 0 Å². The fraction of sp³-hybridized carbons (Fsp3) is 0.542. The van der Waals surface area contributed by atoms with E-state index in [1.54, 1.807) is 0 Å². The first-order chi connectivity index (χ1) is 11.4. The second-order valence-electron chi connectivity index (χ2n) is 9.70. The molecule has 0 unspecified atom stereocenters. The third kappa shape index (κ3) is 3.81. The van der Waals surface area contributed by atoms with Crippen molar-refractivity contribution in [3.05, 3.63) is 65.0 Å². The van der Waals surface area contributed by atoms with E-state index in [9.17, 15) is 0 Å². The zero-order chi connectivity index (χ0) is 19.0. The second-order valence-corrected chi connectivity index (χ2v) is 9.70. The van der Waals surface area contributed by atoms with Gasteiger partial charge in [0.05, 0.1) is 0 Å². The van der Waals surface area contributed by atoms with Gasteiger partial charge < -0.3 is 0 Å². The van der Waals surface area contributed by atoms with Crippen molar-refractivity contribution < 1.29 is 0 Å². The molecule has 2 aromatic rings. The maximum absolute atomic E-state index is 4.70. The lowest BCUT2D eigenvalue weighted by Crippen LogP contribution is -2.40. The Labute approximate surface area is 154 Å². The van der Waals surface area contributed by atoms with Crippen LogP contribution >= 0.6 is 0 Å². The number of aromatic nitrogens is 1. The van der Waals surface area contributed by atoms with E-state index >= 15 is 0 Å². The van der Waals surface area contributed by atoms with Gasteiger partial charge in [0.15, 0.2) is 0 Å². The third-order valence-electron chi connectivity index (χ3n) is 6.13. The molecule has 0 atom stereocenters. The Hall–Kier alpha value is -1.63. The minimum Gasteiger partial charge on any atom is -0.261 e. The molecule has 2 rings (SSSR count). The number of hydrogen-bond acceptors (Lipinski definition) is 1. The van der Waals surface area contributed by atoms with Crippen LogP contribution in [0.3, 0.4) is 0 Å². The second kappa shape index (κ2) is 6.59. The van der Waals surface area contributed by atoms with Crippen molar-refractivity contribution in [2.24, 2.45) is 0 Å². The molecule has 1 aromatic heterocycles. The molecule has 0 N–H and O–H groups in total. The monoisotopic (exact) mass is 337 g/mol. The van der Waals surface area contributed by atoms with E-state index < -0.39 is 0 Å². The van der Waals surface area contributed by atoms with Gasteiger partial charge in [-0.3, -0.25) is 4.98 Å². The van der Waals surface area contributed by atoms with E-state index in [-0.39, 0.29) is 16.2 Å². The summed E-state index contributed by atoms with van der Waals surface area (Å²) in [6, 6.07) is 13.6. The van der Waals surface area contributed by atoms with Crippen molar-refractivity contribution in [1.82, 2.24) is 4.98 Å². The van der Waals surface area contributed by atoms with E-state index in [2.05, 4.69) is 105 Å². The molecule has 0 aliphatic rings. The molecule has 0 fully saturated rings. The van der Waals surface area contributed by atoms with Crippen LogP contribution in [0.25, 0.3) is 0 Å². The highest BCUT2D eigenvalue weighted by atomic mass is 14.7. The summed E-state index contributed by atoms with van der Waals surface area (Å²) >= 11 is 0. The zero-order valence-corrected chi connectivity index (χ0v) is 17.6. The van der Waals surface area contributed by atoms with Crippen molar-refractivity contribution in [3.8, 4) is 0 Å². The highest BCUT2D eigenvalue weighted by Gasteiger charge is 2.40. The van der Waals surface area contributed by atoms with Gasteiger partial charge in [-0.1, -0.05) is 92.6 Å². The van der Waals surface area contributed by atoms with E-state index in [0.717, 1.165) is 5.69 Å². The lowest BCUT2D eigenvalue weighted by Gasteiger charge is -2.43. The summed E-state index contributed by atoms with van der Waals surface area (Å²) in [5.74, 6) is 0.468. The van der Waals surface area contributed by atoms with Crippen LogP contribution in [0.5, 0.6) is 0 Å². The molecule has 1 nitrogen and oxygen atoms in total. The molecule has 1 heteroatoms. The Kier molecular flexibility index (Phi) is 5.19. The normalized spacial score (nSPS) is 13.4. The maximum atomic E-state index is 4.70. The Morgan fingerprint density at radius 3 is 1.48 bits per heavy atom. The summed E-state index contributed by atoms with van der Waals surface area (Å²) in [5.41, 5.74) is 5.39. The summed E-state index contributed by atoms with van der Waals surface area (Å²) in [7, 11) is 0. The van der Waals surface area contributed by atoms with Crippen LogP contribution in [-0.4, -0.2) is 4.98 Å². The molecule has 25 heavy (non-hydrogen) atoms. The number of hydrogen-bond donors (Lipinski definition) is 0. The Bertz CT molecular complexity index is 695. The largest absolute Gasteiger partial charge is 0.261 e. The quantitative estimate of drug-likeness (QED) is 0.600. The van der Waals surface area contributed by atoms with Crippen LogP contribution in [0.15, 0.2) is 42.6 Å². The molecule has 0 bridgehead atoms. The topological polar surface area (TPSA) is 12.9 Å². The molecule has 0 aliphatic carbocycles. The standard InChI is InChI=1S/C24H35N/c1-17(2)21-15-14-20(16-25-21)24(8,9)23(6,7)19-12-10-18(11-13-19)22(3,4)5/h10-17H,1-9H3. The Morgan fingerprint density at radius 2 is 1.08 bits per heavy atom. The molecule has 136 valence electrons. The van der Waals surface area contributed by atoms with Gasteiger partial charge in [0.25, 0.3) is 0 Å². The van der Waals surface area contributed by atoms with Crippen molar-refractivity contribution in [2.75, 3.05) is 0 Å². The molecule has 1 aromatic carbocycles. The van der Waals surface area contributed by atoms with E-state index in [4.69, 9.17) is 4.98 Å². The fourth-order valence-electron chi connectivity index (χ4n) is 3.23. The highest BCUT2D eigenvalue weighted by Crippen LogP contribution is 2.44. The molecule has 1 heterocycles. The molecular formula is C24H35N. The van der Waals surface area contributed by atoms with Gasteiger partial charge in [-0.05, 0) is 39.5 Å². The summed E-state index contributed by atoms with van der Waals surface area (Å²) in [6.07, 6.45) is 2.07. The highest BCUT2D eigenvalue weighted by molar-refractivity contribution is 5.38. The molecular weight excluding hydrogens is 302 g/mol. The van der Waals surface area contributed by atoms with E-state index in [1.165, 1.54) is 16.7 Å². The van der Waals surface area contributed by atoms with Gasteiger partial charge >= 0.3 is 0 Å². The molecule has 0 saturated carbocycles. The van der Waals surface area contributed by atoms with Crippen LogP contribution in [0, 0.1) is 0 Å². The third-order valence-corrected chi connectivity index (χ3v) is 6.13. The van der Waals surface area contributed by atoms with Crippen molar-refractivity contribution in [2.45, 2.75) is 84.5 Å². The van der Waals surface area contributed by atoms with Gasteiger partial charge in [-0.25, -0.2) is 0 Å². The van der Waals surface area contributed by atoms with Gasteiger partial charge in [-0.15, -0.1) is 0 Å². The van der Waals surface area contributed by atoms with Crippen LogP contribution in [0.2, 0.25) is 0 Å². The zero-order valence-electron chi connectivity index (χ0n) is 17.6. The number of pyridine rings is 1. The van der Waals surface area contributed by atoms with Gasteiger partial charge in [0, 0.05) is 17.3 Å². The average molecular weight is 338 g/mol. The minimum absolute atomic E-state index is 0.00441. The van der Waals surface area contributed by atoms with Gasteiger partial charge in [0.1, 0.15) is 0 Å². The summed E-state index contributed by atoms with van der Waals surface area (Å²) in [4.78, 5) is 4.70. The SMILES string of the molecule is CC(C)c1ccc(C(C)(C)C(C)(C)c2ccc(C(C)(C)C)cc2)cn1. The minimum atomic E-state index is -0.0151. The molecule has 0 aliphatic heterocycles. The molecule has 0 radical (unpaired) electrons. The van der Waals surface area contributed by atoms with Crippen LogP contribution in [0.1, 0.15) is 90.6 Å². The first-order valence-corrected chi connectivity index (χ1v) is 9.45. The predicted octanol–water partition coefficient (Wildman–Crippen LogP) is 6.76. The van der Waals surface area contributed by atoms with E-state index in [0.29, 0.717) is 5.92 Å². The average Bonchev–Trinajstić information content (AvgIpc) is 2.54. The number of benzene rings is 1. The fourth-order valence-corrected chi connectivity index (χ4v) is 3.23. The maximum Gasteiger partial charge on any atom is 0.0429 e. The Morgan fingerprint density at radius 1 is 0.640 bits per heavy atom. The van der Waals surface area contributed by atoms with Crippen molar-refractivity contribution in [3.63, 3.8) is 0 Å². The molecule has 0 saturated heterocycles. The smallest absolute Gasteiger partial charge is 0.0429 e. The van der Waals surface area contributed by atoms with Crippen LogP contribution in [-0.2, 0) is 16.2 Å². The lowest BCUT2D eigenvalue weighted by molar-refractivity contribution is 0.302. The number of nitrogens with zero attached hydrogens (tertiary/aromatic N) is 1.